The number of aromatic nitrogens is 1. The summed E-state index contributed by atoms with van der Waals surface area (Å²) in [6.45, 7) is 2.88. The highest BCUT2D eigenvalue weighted by atomic mass is 32.1. The molecule has 0 saturated heterocycles. The summed E-state index contributed by atoms with van der Waals surface area (Å²) in [6.07, 6.45) is 0.987. The fourth-order valence-corrected chi connectivity index (χ4v) is 1.81. The Kier molecular flexibility index (Phi) is 3.69. The first-order valence-corrected chi connectivity index (χ1v) is 5.33. The summed E-state index contributed by atoms with van der Waals surface area (Å²) < 4.78 is 0. The van der Waals surface area contributed by atoms with Gasteiger partial charge in [0, 0.05) is 19.5 Å². The molecule has 0 spiro atoms. The van der Waals surface area contributed by atoms with Crippen LogP contribution in [-0.2, 0) is 6.42 Å². The van der Waals surface area contributed by atoms with E-state index in [1.165, 1.54) is 0 Å². The van der Waals surface area contributed by atoms with Crippen LogP contribution >= 0.6 is 11.3 Å². The Labute approximate surface area is 83.6 Å². The van der Waals surface area contributed by atoms with Crippen molar-refractivity contribution in [1.82, 2.24) is 4.98 Å². The minimum absolute atomic E-state index is 0.525. The van der Waals surface area contributed by atoms with Crippen LogP contribution in [0.15, 0.2) is 5.38 Å². The SMILES string of the molecule is CC(CN)Cc1csc(N(C)C)n1. The van der Waals surface area contributed by atoms with E-state index in [9.17, 15) is 0 Å². The van der Waals surface area contributed by atoms with Crippen molar-refractivity contribution in [3.05, 3.63) is 11.1 Å². The predicted octanol–water partition coefficient (Wildman–Crippen LogP) is 1.35. The van der Waals surface area contributed by atoms with Gasteiger partial charge in [-0.15, -0.1) is 11.3 Å². The lowest BCUT2D eigenvalue weighted by Gasteiger charge is -2.07. The van der Waals surface area contributed by atoms with Crippen LogP contribution in [0, 0.1) is 5.92 Å². The molecular formula is C9H17N3S. The van der Waals surface area contributed by atoms with Crippen molar-refractivity contribution in [3.63, 3.8) is 0 Å². The van der Waals surface area contributed by atoms with E-state index in [1.807, 2.05) is 19.0 Å². The second-order valence-corrected chi connectivity index (χ2v) is 4.40. The summed E-state index contributed by atoms with van der Waals surface area (Å²) in [5, 5.41) is 3.18. The standard InChI is InChI=1S/C9H17N3S/c1-7(5-10)4-8-6-13-9(11-8)12(2)3/h6-7H,4-5,10H2,1-3H3. The minimum Gasteiger partial charge on any atom is -0.354 e. The number of nitrogens with zero attached hydrogens (tertiary/aromatic N) is 2. The van der Waals surface area contributed by atoms with Crippen molar-refractivity contribution in [3.8, 4) is 0 Å². The van der Waals surface area contributed by atoms with Gasteiger partial charge in [0.25, 0.3) is 0 Å². The van der Waals surface area contributed by atoms with Gasteiger partial charge in [0.15, 0.2) is 5.13 Å². The normalized spacial score (nSPS) is 12.9. The first kappa shape index (κ1) is 10.5. The highest BCUT2D eigenvalue weighted by Crippen LogP contribution is 2.19. The molecular weight excluding hydrogens is 182 g/mol. The van der Waals surface area contributed by atoms with Gasteiger partial charge in [-0.1, -0.05) is 6.92 Å². The van der Waals surface area contributed by atoms with Gasteiger partial charge in [0.2, 0.25) is 0 Å². The summed E-state index contributed by atoms with van der Waals surface area (Å²) in [7, 11) is 4.02. The van der Waals surface area contributed by atoms with Crippen molar-refractivity contribution in [2.45, 2.75) is 13.3 Å². The zero-order chi connectivity index (χ0) is 9.84. The highest BCUT2D eigenvalue weighted by molar-refractivity contribution is 7.13. The predicted molar refractivity (Wildman–Crippen MR) is 58.4 cm³/mol. The lowest BCUT2D eigenvalue weighted by molar-refractivity contribution is 0.586. The molecule has 13 heavy (non-hydrogen) atoms. The summed E-state index contributed by atoms with van der Waals surface area (Å²) in [6, 6.07) is 0. The lowest BCUT2D eigenvalue weighted by atomic mass is 10.1. The van der Waals surface area contributed by atoms with Crippen LogP contribution in [0.25, 0.3) is 0 Å². The van der Waals surface area contributed by atoms with Gasteiger partial charge >= 0.3 is 0 Å². The van der Waals surface area contributed by atoms with E-state index >= 15 is 0 Å². The van der Waals surface area contributed by atoms with Gasteiger partial charge in [0.1, 0.15) is 0 Å². The van der Waals surface area contributed by atoms with Crippen LogP contribution in [0.1, 0.15) is 12.6 Å². The molecule has 0 saturated carbocycles. The van der Waals surface area contributed by atoms with E-state index in [4.69, 9.17) is 5.73 Å². The van der Waals surface area contributed by atoms with Crippen LogP contribution < -0.4 is 10.6 Å². The molecule has 0 fully saturated rings. The van der Waals surface area contributed by atoms with Gasteiger partial charge in [-0.05, 0) is 18.9 Å². The Morgan fingerprint density at radius 1 is 1.62 bits per heavy atom. The summed E-state index contributed by atoms with van der Waals surface area (Å²) >= 11 is 1.68. The number of hydrogen-bond acceptors (Lipinski definition) is 4. The molecule has 1 rings (SSSR count). The molecule has 3 nitrogen and oxygen atoms in total. The Hall–Kier alpha value is -0.610. The average Bonchev–Trinajstić information content (AvgIpc) is 2.52. The molecule has 0 aromatic carbocycles. The van der Waals surface area contributed by atoms with Crippen LogP contribution in [0.4, 0.5) is 5.13 Å². The molecule has 0 aliphatic rings. The fourth-order valence-electron chi connectivity index (χ4n) is 1.04. The fraction of sp³-hybridized carbons (Fsp3) is 0.667. The van der Waals surface area contributed by atoms with Crippen molar-refractivity contribution < 1.29 is 0 Å². The largest absolute Gasteiger partial charge is 0.354 e. The summed E-state index contributed by atoms with van der Waals surface area (Å²) in [4.78, 5) is 6.52. The van der Waals surface area contributed by atoms with Crippen molar-refractivity contribution in [2.75, 3.05) is 25.5 Å². The third kappa shape index (κ3) is 2.97. The van der Waals surface area contributed by atoms with Crippen molar-refractivity contribution >= 4 is 16.5 Å². The molecule has 1 aromatic rings. The average molecular weight is 199 g/mol. The number of anilines is 1. The van der Waals surface area contributed by atoms with Gasteiger partial charge in [-0.3, -0.25) is 0 Å². The van der Waals surface area contributed by atoms with Gasteiger partial charge in [-0.2, -0.15) is 0 Å². The van der Waals surface area contributed by atoms with Gasteiger partial charge in [-0.25, -0.2) is 4.98 Å². The maximum atomic E-state index is 5.55. The topological polar surface area (TPSA) is 42.1 Å². The van der Waals surface area contributed by atoms with E-state index < -0.39 is 0 Å². The van der Waals surface area contributed by atoms with E-state index in [-0.39, 0.29) is 0 Å². The molecule has 1 heterocycles. The second-order valence-electron chi connectivity index (χ2n) is 3.56. The van der Waals surface area contributed by atoms with Crippen LogP contribution in [0.5, 0.6) is 0 Å². The Morgan fingerprint density at radius 3 is 2.77 bits per heavy atom. The second kappa shape index (κ2) is 4.58. The molecule has 0 radical (unpaired) electrons. The zero-order valence-electron chi connectivity index (χ0n) is 8.45. The first-order valence-electron chi connectivity index (χ1n) is 4.45. The molecule has 2 N–H and O–H groups in total. The molecule has 4 heteroatoms. The van der Waals surface area contributed by atoms with E-state index in [2.05, 4.69) is 17.3 Å². The molecule has 0 amide bonds. The number of rotatable bonds is 4. The first-order chi connectivity index (χ1) is 6.13. The van der Waals surface area contributed by atoms with E-state index in [1.54, 1.807) is 11.3 Å². The van der Waals surface area contributed by atoms with Crippen LogP contribution in [0.3, 0.4) is 0 Å². The van der Waals surface area contributed by atoms with E-state index in [0.717, 1.165) is 23.8 Å². The Bertz CT molecular complexity index is 257. The third-order valence-corrected chi connectivity index (χ3v) is 2.94. The van der Waals surface area contributed by atoms with Gasteiger partial charge < -0.3 is 10.6 Å². The number of hydrogen-bond donors (Lipinski definition) is 1. The van der Waals surface area contributed by atoms with Crippen molar-refractivity contribution in [1.29, 1.82) is 0 Å². The Balaban J connectivity index is 2.58. The molecule has 1 atom stereocenters. The van der Waals surface area contributed by atoms with Crippen LogP contribution in [0.2, 0.25) is 0 Å². The minimum atomic E-state index is 0.525. The molecule has 0 aliphatic carbocycles. The third-order valence-electron chi connectivity index (χ3n) is 1.88. The monoisotopic (exact) mass is 199 g/mol. The summed E-state index contributed by atoms with van der Waals surface area (Å²) in [5.74, 6) is 0.525. The number of nitrogens with two attached hydrogens (primary N) is 1. The molecule has 74 valence electrons. The van der Waals surface area contributed by atoms with Gasteiger partial charge in [0.05, 0.1) is 5.69 Å². The molecule has 1 unspecified atom stereocenters. The quantitative estimate of drug-likeness (QED) is 0.796. The summed E-state index contributed by atoms with van der Waals surface area (Å²) in [5.41, 5.74) is 6.71. The number of thiazole rings is 1. The molecule has 1 aromatic heterocycles. The van der Waals surface area contributed by atoms with E-state index in [0.29, 0.717) is 5.92 Å². The Morgan fingerprint density at radius 2 is 2.31 bits per heavy atom. The van der Waals surface area contributed by atoms with Crippen LogP contribution in [-0.4, -0.2) is 25.6 Å². The highest BCUT2D eigenvalue weighted by Gasteiger charge is 2.06. The lowest BCUT2D eigenvalue weighted by Crippen LogP contribution is -2.13. The molecule has 0 bridgehead atoms. The maximum absolute atomic E-state index is 5.55. The zero-order valence-corrected chi connectivity index (χ0v) is 9.27. The maximum Gasteiger partial charge on any atom is 0.184 e. The smallest absolute Gasteiger partial charge is 0.184 e. The van der Waals surface area contributed by atoms with Crippen molar-refractivity contribution in [2.24, 2.45) is 11.7 Å². The molecule has 0 aliphatic heterocycles.